The number of esters is 1. The zero-order chi connectivity index (χ0) is 31.8. The van der Waals surface area contributed by atoms with Gasteiger partial charge in [0.1, 0.15) is 18.3 Å². The fourth-order valence-corrected chi connectivity index (χ4v) is 9.81. The number of alkyl halides is 2. The molecule has 4 rings (SSSR count). The van der Waals surface area contributed by atoms with Crippen LogP contribution in [-0.2, 0) is 48.2 Å². The Hall–Kier alpha value is -2.35. The second kappa shape index (κ2) is 12.6. The molecular formula is C29H42F2O11S. The van der Waals surface area contributed by atoms with Crippen molar-refractivity contribution in [1.82, 2.24) is 0 Å². The second-order valence-corrected chi connectivity index (χ2v) is 15.0. The molecule has 0 aliphatic heterocycles. The summed E-state index contributed by atoms with van der Waals surface area (Å²) < 4.78 is 78.5. The minimum atomic E-state index is -5.72. The first-order valence-electron chi connectivity index (χ1n) is 14.9. The molecule has 0 aromatic heterocycles. The molecular weight excluding hydrogens is 594 g/mol. The number of hydrogen-bond donors (Lipinski definition) is 1. The van der Waals surface area contributed by atoms with E-state index in [1.807, 2.05) is 6.92 Å². The molecule has 0 saturated heterocycles. The third kappa shape index (κ3) is 6.14. The number of ether oxygens (including phenoxy) is 4. The van der Waals surface area contributed by atoms with Crippen LogP contribution in [0.1, 0.15) is 78.6 Å². The lowest BCUT2D eigenvalue weighted by molar-refractivity contribution is -0.218. The summed E-state index contributed by atoms with van der Waals surface area (Å²) in [7, 11) is -5.72. The average Bonchev–Trinajstić information content (AvgIpc) is 3.29. The predicted molar refractivity (Wildman–Crippen MR) is 145 cm³/mol. The number of carbonyl (C=O) groups excluding carboxylic acids is 4. The lowest BCUT2D eigenvalue weighted by Gasteiger charge is -2.64. The van der Waals surface area contributed by atoms with Crippen LogP contribution < -0.4 is 0 Å². The average molecular weight is 637 g/mol. The summed E-state index contributed by atoms with van der Waals surface area (Å²) >= 11 is 0. The van der Waals surface area contributed by atoms with Crippen LogP contribution in [0.4, 0.5) is 8.78 Å². The Morgan fingerprint density at radius 1 is 1.00 bits per heavy atom. The van der Waals surface area contributed by atoms with Crippen molar-refractivity contribution in [2.75, 3.05) is 6.61 Å². The molecule has 3 unspecified atom stereocenters. The van der Waals surface area contributed by atoms with E-state index < -0.39 is 39.5 Å². The van der Waals surface area contributed by atoms with Crippen LogP contribution in [0.3, 0.4) is 0 Å². The highest BCUT2D eigenvalue weighted by molar-refractivity contribution is 7.86. The highest BCUT2D eigenvalue weighted by Gasteiger charge is 2.67. The summed E-state index contributed by atoms with van der Waals surface area (Å²) in [6.45, 7) is 5.93. The number of halogens is 2. The van der Waals surface area contributed by atoms with E-state index >= 15 is 0 Å². The Kier molecular flexibility index (Phi) is 9.80. The third-order valence-corrected chi connectivity index (χ3v) is 12.6. The van der Waals surface area contributed by atoms with Gasteiger partial charge in [0.25, 0.3) is 19.4 Å². The first-order valence-corrected chi connectivity index (χ1v) is 16.4. The van der Waals surface area contributed by atoms with Gasteiger partial charge in [0.2, 0.25) is 0 Å². The lowest BCUT2D eigenvalue weighted by Crippen LogP contribution is -2.63. The normalized spacial score (nSPS) is 39.7. The fourth-order valence-electron chi connectivity index (χ4n) is 9.61. The summed E-state index contributed by atoms with van der Waals surface area (Å²) in [5, 5.41) is -4.60. The van der Waals surface area contributed by atoms with Crippen LogP contribution in [0.15, 0.2) is 0 Å². The SMILES string of the molecule is C[C@H](CCC(=O)OCC(F)(F)S(=O)(=O)O)[C@H]1CC[C@H]2[C@@H]3C(OC=O)C[C@@H]4CC(OC=O)CC[C@]4(C)[C@H]3CC(OC=O)[C@]12C. The molecule has 4 fully saturated rings. The predicted octanol–water partition coefficient (Wildman–Crippen LogP) is 3.93. The van der Waals surface area contributed by atoms with E-state index in [4.69, 9.17) is 18.8 Å². The van der Waals surface area contributed by atoms with E-state index in [1.54, 1.807) is 0 Å². The first-order chi connectivity index (χ1) is 20.1. The standard InChI is InChI=1S/C29H42F2O11S/c1-17(4-7-25(35)39-13-29(30,31)43(36,37)38)20-5-6-21-26-22(12-24(42-16-34)28(20,21)3)27(2)9-8-19(40-14-32)10-18(27)11-23(26)41-15-33/h14-24,26H,4-13H2,1-3H3,(H,36,37,38)/t17-,18+,19?,20-,21+,22+,23?,24?,26+,27+,28-/m1/s1. The quantitative estimate of drug-likeness (QED) is 0.135. The minimum Gasteiger partial charge on any atom is -0.465 e. The van der Waals surface area contributed by atoms with Crippen LogP contribution in [0, 0.1) is 46.3 Å². The maximum atomic E-state index is 13.5. The zero-order valence-electron chi connectivity index (χ0n) is 24.7. The number of rotatable bonds is 13. The van der Waals surface area contributed by atoms with Gasteiger partial charge in [-0.05, 0) is 86.4 Å². The van der Waals surface area contributed by atoms with Gasteiger partial charge in [-0.1, -0.05) is 20.8 Å². The van der Waals surface area contributed by atoms with E-state index in [0.29, 0.717) is 38.7 Å². The van der Waals surface area contributed by atoms with Gasteiger partial charge < -0.3 is 18.9 Å². The Bertz CT molecular complexity index is 1170. The van der Waals surface area contributed by atoms with E-state index in [1.165, 1.54) is 0 Å². The highest BCUT2D eigenvalue weighted by Crippen LogP contribution is 2.69. The van der Waals surface area contributed by atoms with Gasteiger partial charge in [-0.25, -0.2) is 0 Å². The molecule has 0 radical (unpaired) electrons. The van der Waals surface area contributed by atoms with Gasteiger partial charge in [0.05, 0.1) is 0 Å². The molecule has 244 valence electrons. The van der Waals surface area contributed by atoms with Crippen LogP contribution in [0.25, 0.3) is 0 Å². The second-order valence-electron chi connectivity index (χ2n) is 13.4. The monoisotopic (exact) mass is 636 g/mol. The molecule has 4 aliphatic rings. The Morgan fingerprint density at radius 3 is 2.30 bits per heavy atom. The fraction of sp³-hybridized carbons (Fsp3) is 0.862. The Morgan fingerprint density at radius 2 is 1.67 bits per heavy atom. The van der Waals surface area contributed by atoms with Gasteiger partial charge in [-0.3, -0.25) is 23.7 Å². The minimum absolute atomic E-state index is 0.0105. The molecule has 0 amide bonds. The van der Waals surface area contributed by atoms with E-state index in [0.717, 1.165) is 25.7 Å². The largest absolute Gasteiger partial charge is 0.465 e. The summed E-state index contributed by atoms with van der Waals surface area (Å²) in [6, 6.07) is 0. The van der Waals surface area contributed by atoms with Crippen molar-refractivity contribution < 1.29 is 59.9 Å². The molecule has 43 heavy (non-hydrogen) atoms. The molecule has 0 heterocycles. The Balaban J connectivity index is 1.54. The number of fused-ring (bicyclic) bond motifs is 5. The van der Waals surface area contributed by atoms with Crippen molar-refractivity contribution in [2.45, 2.75) is 102 Å². The van der Waals surface area contributed by atoms with Crippen molar-refractivity contribution in [1.29, 1.82) is 0 Å². The molecule has 11 atom stereocenters. The molecule has 4 saturated carbocycles. The summed E-state index contributed by atoms with van der Waals surface area (Å²) in [6.07, 6.45) is 3.99. The van der Waals surface area contributed by atoms with Crippen LogP contribution in [0.5, 0.6) is 0 Å². The van der Waals surface area contributed by atoms with Crippen LogP contribution in [0.2, 0.25) is 0 Å². The van der Waals surface area contributed by atoms with Gasteiger partial charge in [-0.15, -0.1) is 0 Å². The van der Waals surface area contributed by atoms with E-state index in [-0.39, 0.29) is 66.0 Å². The van der Waals surface area contributed by atoms with Gasteiger partial charge in [-0.2, -0.15) is 17.2 Å². The molecule has 1 N–H and O–H groups in total. The van der Waals surface area contributed by atoms with Crippen LogP contribution >= 0.6 is 0 Å². The van der Waals surface area contributed by atoms with Crippen molar-refractivity contribution in [3.05, 3.63) is 0 Å². The van der Waals surface area contributed by atoms with Gasteiger partial charge in [0.15, 0.2) is 6.61 Å². The van der Waals surface area contributed by atoms with Crippen LogP contribution in [-0.4, -0.2) is 68.5 Å². The Labute approximate surface area is 250 Å². The van der Waals surface area contributed by atoms with Crippen molar-refractivity contribution in [3.8, 4) is 0 Å². The molecule has 14 heteroatoms. The number of hydrogen-bond acceptors (Lipinski definition) is 10. The molecule has 0 aromatic rings. The maximum Gasteiger partial charge on any atom is 0.402 e. The molecule has 4 aliphatic carbocycles. The van der Waals surface area contributed by atoms with Gasteiger partial charge in [0, 0.05) is 17.8 Å². The lowest BCUT2D eigenvalue weighted by atomic mass is 9.43. The van der Waals surface area contributed by atoms with E-state index in [2.05, 4.69) is 18.6 Å². The van der Waals surface area contributed by atoms with E-state index in [9.17, 15) is 36.4 Å². The maximum absolute atomic E-state index is 13.5. The highest BCUT2D eigenvalue weighted by atomic mass is 32.2. The summed E-state index contributed by atoms with van der Waals surface area (Å²) in [4.78, 5) is 46.7. The zero-order valence-corrected chi connectivity index (χ0v) is 25.5. The third-order valence-electron chi connectivity index (χ3n) is 11.7. The molecule has 0 aromatic carbocycles. The van der Waals surface area contributed by atoms with Gasteiger partial charge >= 0.3 is 21.3 Å². The van der Waals surface area contributed by atoms with Crippen molar-refractivity contribution >= 4 is 35.5 Å². The topological polar surface area (TPSA) is 160 Å². The molecule has 0 spiro atoms. The number of carbonyl (C=O) groups is 4. The smallest absolute Gasteiger partial charge is 0.402 e. The molecule has 0 bridgehead atoms. The first kappa shape index (κ1) is 33.5. The summed E-state index contributed by atoms with van der Waals surface area (Å²) in [5.41, 5.74) is -0.658. The van der Waals surface area contributed by atoms with Crippen molar-refractivity contribution in [3.63, 3.8) is 0 Å². The van der Waals surface area contributed by atoms with Crippen molar-refractivity contribution in [2.24, 2.45) is 46.3 Å². The summed E-state index contributed by atoms with van der Waals surface area (Å²) in [5.74, 6) is -0.869. The molecule has 11 nitrogen and oxygen atoms in total.